The van der Waals surface area contributed by atoms with Crippen LogP contribution in [0.25, 0.3) is 0 Å². The van der Waals surface area contributed by atoms with E-state index in [9.17, 15) is 4.79 Å². The Morgan fingerprint density at radius 1 is 1.17 bits per heavy atom. The number of benzene rings is 1. The van der Waals surface area contributed by atoms with Gasteiger partial charge in [0.1, 0.15) is 11.5 Å². The molecule has 0 fully saturated rings. The molecule has 1 heterocycles. The first kappa shape index (κ1) is 21.0. The topological polar surface area (TPSA) is 185 Å². The van der Waals surface area contributed by atoms with Crippen molar-refractivity contribution in [1.29, 1.82) is 21.6 Å². The molecule has 2 aromatic rings. The number of nitrogen functional groups attached to an aromatic ring is 1. The summed E-state index contributed by atoms with van der Waals surface area (Å²) in [6.07, 6.45) is 3.51. The predicted octanol–water partition coefficient (Wildman–Crippen LogP) is 2.58. The van der Waals surface area contributed by atoms with Crippen molar-refractivity contribution < 1.29 is 9.53 Å². The van der Waals surface area contributed by atoms with Crippen molar-refractivity contribution in [3.8, 4) is 0 Å². The molecule has 1 aromatic heterocycles. The van der Waals surface area contributed by atoms with E-state index in [0.717, 1.165) is 12.4 Å². The number of amides is 1. The third-order valence-corrected chi connectivity index (χ3v) is 3.66. The number of hydrogen-bond donors (Lipinski definition) is 7. The first-order chi connectivity index (χ1) is 13.9. The summed E-state index contributed by atoms with van der Waals surface area (Å²) in [7, 11) is 0. The Bertz CT molecular complexity index is 1010. The summed E-state index contributed by atoms with van der Waals surface area (Å²) in [5, 5.41) is 35.5. The minimum absolute atomic E-state index is 0.101. The molecule has 0 aliphatic carbocycles. The van der Waals surface area contributed by atoms with Gasteiger partial charge in [0.25, 0.3) is 11.9 Å². The molecule has 10 nitrogen and oxygen atoms in total. The van der Waals surface area contributed by atoms with Crippen molar-refractivity contribution in [2.24, 2.45) is 0 Å². The van der Waals surface area contributed by atoms with Crippen molar-refractivity contribution in [2.75, 3.05) is 16.4 Å². The standard InChI is InChI=1S/C19H20N8O2/c1-2-11(9-20)18(28)27-16-5-3-4-15(26-16)17(23)29-19(24)25-13-6-7-14(22)12(8-13)10-21/h2-10,20-21,23H,22H2,1H3,(H2,24,25)(H,26,27,28)/b11-2+,20-9?,21-10?,23-17?. The maximum absolute atomic E-state index is 12.0. The number of rotatable bonds is 6. The Balaban J connectivity index is 2.05. The van der Waals surface area contributed by atoms with Gasteiger partial charge >= 0.3 is 0 Å². The number of aromatic nitrogens is 1. The number of nitrogens with two attached hydrogens (primary N) is 1. The van der Waals surface area contributed by atoms with Gasteiger partial charge in [0, 0.05) is 29.4 Å². The molecule has 148 valence electrons. The lowest BCUT2D eigenvalue weighted by atomic mass is 10.2. The van der Waals surface area contributed by atoms with Crippen LogP contribution in [0.3, 0.4) is 0 Å². The Morgan fingerprint density at radius 2 is 1.93 bits per heavy atom. The van der Waals surface area contributed by atoms with E-state index < -0.39 is 17.8 Å². The monoisotopic (exact) mass is 392 g/mol. The van der Waals surface area contributed by atoms with Crippen molar-refractivity contribution in [3.05, 3.63) is 59.3 Å². The van der Waals surface area contributed by atoms with Gasteiger partial charge in [0.15, 0.2) is 0 Å². The Labute approximate surface area is 166 Å². The number of allylic oxidation sites excluding steroid dienone is 1. The molecule has 0 radical (unpaired) electrons. The highest BCUT2D eigenvalue weighted by Crippen LogP contribution is 2.16. The van der Waals surface area contributed by atoms with E-state index in [1.165, 1.54) is 18.2 Å². The molecule has 2 rings (SSSR count). The molecular weight excluding hydrogens is 372 g/mol. The summed E-state index contributed by atoms with van der Waals surface area (Å²) < 4.78 is 5.14. The summed E-state index contributed by atoms with van der Waals surface area (Å²) in [5.74, 6) is -0.727. The number of amidine groups is 1. The molecule has 1 amide bonds. The van der Waals surface area contributed by atoms with Gasteiger partial charge in [-0.3, -0.25) is 15.6 Å². The molecule has 0 aliphatic rings. The van der Waals surface area contributed by atoms with Crippen LogP contribution in [0.5, 0.6) is 0 Å². The second-order valence-corrected chi connectivity index (χ2v) is 5.62. The quantitative estimate of drug-likeness (QED) is 0.172. The average molecular weight is 392 g/mol. The number of pyridine rings is 1. The fourth-order valence-corrected chi connectivity index (χ4v) is 2.19. The van der Waals surface area contributed by atoms with Crippen LogP contribution in [-0.2, 0) is 9.53 Å². The van der Waals surface area contributed by atoms with Crippen LogP contribution in [0.4, 0.5) is 17.2 Å². The summed E-state index contributed by atoms with van der Waals surface area (Å²) in [5.41, 5.74) is 7.37. The largest absolute Gasteiger partial charge is 0.405 e. The van der Waals surface area contributed by atoms with Crippen LogP contribution in [0, 0.1) is 21.6 Å². The predicted molar refractivity (Wildman–Crippen MR) is 113 cm³/mol. The third-order valence-electron chi connectivity index (χ3n) is 3.66. The van der Waals surface area contributed by atoms with E-state index in [-0.39, 0.29) is 17.1 Å². The zero-order valence-corrected chi connectivity index (χ0v) is 15.5. The first-order valence-electron chi connectivity index (χ1n) is 8.35. The SMILES string of the molecule is C/C=C(\C=N)C(=O)Nc1cccc(C(=N)OC(=N)Nc2ccc(N)c(C=N)c2)n1. The van der Waals surface area contributed by atoms with Crippen LogP contribution < -0.4 is 16.4 Å². The minimum Gasteiger partial charge on any atom is -0.405 e. The number of nitrogens with one attached hydrogen (secondary N) is 6. The number of carbonyl (C=O) groups excluding carboxylic acids is 1. The normalized spacial score (nSPS) is 10.6. The smallest absolute Gasteiger partial charge is 0.293 e. The van der Waals surface area contributed by atoms with Crippen molar-refractivity contribution >= 4 is 47.4 Å². The Hall–Kier alpha value is -4.34. The molecule has 1 aromatic carbocycles. The van der Waals surface area contributed by atoms with Gasteiger partial charge in [-0.05, 0) is 37.3 Å². The van der Waals surface area contributed by atoms with E-state index in [2.05, 4.69) is 15.6 Å². The van der Waals surface area contributed by atoms with Crippen molar-refractivity contribution in [3.63, 3.8) is 0 Å². The molecule has 10 heteroatoms. The Kier molecular flexibility index (Phi) is 6.91. The highest BCUT2D eigenvalue weighted by Gasteiger charge is 2.12. The zero-order valence-electron chi connectivity index (χ0n) is 15.5. The molecule has 0 atom stereocenters. The lowest BCUT2D eigenvalue weighted by molar-refractivity contribution is -0.112. The fraction of sp³-hybridized carbons (Fsp3) is 0.0526. The lowest BCUT2D eigenvalue weighted by Gasteiger charge is -2.11. The van der Waals surface area contributed by atoms with Gasteiger partial charge in [-0.25, -0.2) is 4.98 Å². The van der Waals surface area contributed by atoms with Crippen molar-refractivity contribution in [2.45, 2.75) is 6.92 Å². The van der Waals surface area contributed by atoms with Crippen LogP contribution in [0.1, 0.15) is 18.2 Å². The van der Waals surface area contributed by atoms with Crippen molar-refractivity contribution in [1.82, 2.24) is 4.98 Å². The van der Waals surface area contributed by atoms with E-state index in [1.54, 1.807) is 31.2 Å². The van der Waals surface area contributed by atoms with Crippen LogP contribution >= 0.6 is 0 Å². The van der Waals surface area contributed by atoms with Crippen LogP contribution in [-0.4, -0.2) is 35.2 Å². The molecule has 0 bridgehead atoms. The highest BCUT2D eigenvalue weighted by atomic mass is 16.5. The van der Waals surface area contributed by atoms with Gasteiger partial charge in [0.05, 0.1) is 5.57 Å². The van der Waals surface area contributed by atoms with Crippen LogP contribution in [0.15, 0.2) is 48.0 Å². The Morgan fingerprint density at radius 3 is 2.59 bits per heavy atom. The number of hydrogen-bond acceptors (Lipinski definition) is 8. The molecule has 8 N–H and O–H groups in total. The van der Waals surface area contributed by atoms with Gasteiger partial charge in [0.2, 0.25) is 5.90 Å². The van der Waals surface area contributed by atoms with E-state index >= 15 is 0 Å². The molecule has 0 saturated carbocycles. The van der Waals surface area contributed by atoms with E-state index in [4.69, 9.17) is 32.1 Å². The molecule has 0 saturated heterocycles. The number of nitrogens with zero attached hydrogens (tertiary/aromatic N) is 1. The van der Waals surface area contributed by atoms with E-state index in [1.807, 2.05) is 0 Å². The zero-order chi connectivity index (χ0) is 21.4. The summed E-state index contributed by atoms with van der Waals surface area (Å²) in [6.45, 7) is 1.64. The molecule has 0 unspecified atom stereocenters. The van der Waals surface area contributed by atoms with Gasteiger partial charge in [-0.15, -0.1) is 0 Å². The second-order valence-electron chi connectivity index (χ2n) is 5.62. The highest BCUT2D eigenvalue weighted by molar-refractivity contribution is 6.16. The summed E-state index contributed by atoms with van der Waals surface area (Å²) in [4.78, 5) is 16.1. The molecule has 0 aliphatic heterocycles. The van der Waals surface area contributed by atoms with Gasteiger partial charge in [-0.1, -0.05) is 12.1 Å². The number of anilines is 3. The van der Waals surface area contributed by atoms with Gasteiger partial charge in [-0.2, -0.15) is 0 Å². The van der Waals surface area contributed by atoms with Gasteiger partial charge < -0.3 is 31.9 Å². The molecule has 29 heavy (non-hydrogen) atoms. The van der Waals surface area contributed by atoms with E-state index in [0.29, 0.717) is 16.9 Å². The molecular formula is C19H20N8O2. The third kappa shape index (κ3) is 5.57. The fourth-order valence-electron chi connectivity index (χ4n) is 2.19. The maximum Gasteiger partial charge on any atom is 0.293 e. The van der Waals surface area contributed by atoms with Crippen LogP contribution in [0.2, 0.25) is 0 Å². The summed E-state index contributed by atoms with van der Waals surface area (Å²) in [6, 6.07) is 8.94. The number of carbonyl (C=O) groups is 1. The maximum atomic E-state index is 12.0. The lowest BCUT2D eigenvalue weighted by Crippen LogP contribution is -2.21. The molecule has 0 spiro atoms. The minimum atomic E-state index is -0.501. The summed E-state index contributed by atoms with van der Waals surface area (Å²) >= 11 is 0. The first-order valence-corrected chi connectivity index (χ1v) is 8.35. The average Bonchev–Trinajstić information content (AvgIpc) is 2.70. The number of ether oxygens (including phenoxy) is 1. The second kappa shape index (κ2) is 9.55.